The third-order valence-electron chi connectivity index (χ3n) is 4.80. The molecular weight excluding hydrogens is 426 g/mol. The molecule has 0 radical (unpaired) electrons. The van der Waals surface area contributed by atoms with Crippen LogP contribution < -0.4 is 5.32 Å². The third-order valence-corrected chi connectivity index (χ3v) is 5.06. The van der Waals surface area contributed by atoms with E-state index in [-0.39, 0.29) is 12.5 Å². The largest absolute Gasteiger partial charge is 0.367 e. The van der Waals surface area contributed by atoms with E-state index in [1.807, 2.05) is 72.8 Å². The van der Waals surface area contributed by atoms with Crippen molar-refractivity contribution in [3.8, 4) is 11.4 Å². The lowest BCUT2D eigenvalue weighted by molar-refractivity contribution is -0.127. The van der Waals surface area contributed by atoms with Gasteiger partial charge in [-0.05, 0) is 35.4 Å². The van der Waals surface area contributed by atoms with Crippen LogP contribution in [0.1, 0.15) is 23.1 Å². The highest BCUT2D eigenvalue weighted by atomic mass is 35.5. The molecule has 1 amide bonds. The van der Waals surface area contributed by atoms with Crippen LogP contribution in [-0.2, 0) is 22.6 Å². The summed E-state index contributed by atoms with van der Waals surface area (Å²) < 4.78 is 11.1. The predicted molar refractivity (Wildman–Crippen MR) is 122 cm³/mol. The summed E-state index contributed by atoms with van der Waals surface area (Å²) in [5, 5.41) is 7.66. The number of nitrogens with one attached hydrogen (secondary N) is 1. The van der Waals surface area contributed by atoms with Gasteiger partial charge in [-0.25, -0.2) is 0 Å². The molecule has 1 aromatic heterocycles. The van der Waals surface area contributed by atoms with Crippen molar-refractivity contribution in [2.45, 2.75) is 19.1 Å². The number of aromatic nitrogens is 2. The zero-order valence-electron chi connectivity index (χ0n) is 17.3. The maximum atomic E-state index is 12.6. The summed E-state index contributed by atoms with van der Waals surface area (Å²) in [4.78, 5) is 17.1. The van der Waals surface area contributed by atoms with Gasteiger partial charge in [-0.3, -0.25) is 4.79 Å². The molecule has 1 unspecified atom stereocenters. The van der Waals surface area contributed by atoms with Crippen LogP contribution in [0.2, 0.25) is 5.02 Å². The Hall–Kier alpha value is -3.48. The van der Waals surface area contributed by atoms with Gasteiger partial charge in [-0.1, -0.05) is 77.4 Å². The Morgan fingerprint density at radius 3 is 2.28 bits per heavy atom. The van der Waals surface area contributed by atoms with E-state index in [1.165, 1.54) is 0 Å². The van der Waals surface area contributed by atoms with E-state index in [9.17, 15) is 4.79 Å². The molecule has 1 N–H and O–H groups in total. The minimum absolute atomic E-state index is 0.0711. The molecule has 6 nitrogen and oxygen atoms in total. The lowest BCUT2D eigenvalue weighted by Crippen LogP contribution is -2.33. The Kier molecular flexibility index (Phi) is 7.27. The molecule has 3 aromatic carbocycles. The molecule has 0 spiro atoms. The van der Waals surface area contributed by atoms with Gasteiger partial charge in [0.1, 0.15) is 12.6 Å². The number of halogens is 1. The number of carbonyl (C=O) groups excluding carboxylic acids is 1. The number of benzene rings is 3. The van der Waals surface area contributed by atoms with Crippen molar-refractivity contribution in [3.05, 3.63) is 107 Å². The van der Waals surface area contributed by atoms with E-state index in [0.717, 1.165) is 16.7 Å². The van der Waals surface area contributed by atoms with Gasteiger partial charge in [0, 0.05) is 17.0 Å². The summed E-state index contributed by atoms with van der Waals surface area (Å²) in [6.45, 7) is 0.289. The van der Waals surface area contributed by atoms with Crippen molar-refractivity contribution in [1.82, 2.24) is 15.5 Å². The standard InChI is InChI=1S/C25H22ClN3O3/c26-21-13-11-20(12-14-21)24-28-25(32-29-24)22(15-18-7-3-1-4-8-18)27-23(30)17-31-16-19-9-5-2-6-10-19/h1-14,22H,15-17H2,(H,27,30). The van der Waals surface area contributed by atoms with Crippen LogP contribution in [0.5, 0.6) is 0 Å². The molecule has 4 rings (SSSR count). The van der Waals surface area contributed by atoms with Gasteiger partial charge in [0.2, 0.25) is 17.6 Å². The fourth-order valence-corrected chi connectivity index (χ4v) is 3.34. The number of nitrogens with zero attached hydrogens (tertiary/aromatic N) is 2. The Labute approximate surface area is 191 Å². The van der Waals surface area contributed by atoms with Crippen molar-refractivity contribution in [2.24, 2.45) is 0 Å². The van der Waals surface area contributed by atoms with Crippen LogP contribution in [0.15, 0.2) is 89.5 Å². The summed E-state index contributed by atoms with van der Waals surface area (Å²) in [6, 6.07) is 26.2. The molecule has 162 valence electrons. The maximum Gasteiger partial charge on any atom is 0.249 e. The first-order valence-electron chi connectivity index (χ1n) is 10.2. The Morgan fingerprint density at radius 1 is 0.938 bits per heavy atom. The van der Waals surface area contributed by atoms with Crippen LogP contribution in [0.4, 0.5) is 0 Å². The van der Waals surface area contributed by atoms with Gasteiger partial charge in [0.15, 0.2) is 0 Å². The van der Waals surface area contributed by atoms with Gasteiger partial charge < -0.3 is 14.6 Å². The zero-order chi connectivity index (χ0) is 22.2. The molecule has 32 heavy (non-hydrogen) atoms. The highest BCUT2D eigenvalue weighted by molar-refractivity contribution is 6.30. The second kappa shape index (κ2) is 10.7. The van der Waals surface area contributed by atoms with E-state index in [0.29, 0.717) is 29.8 Å². The Morgan fingerprint density at radius 2 is 1.59 bits per heavy atom. The fourth-order valence-electron chi connectivity index (χ4n) is 3.21. The van der Waals surface area contributed by atoms with Crippen LogP contribution in [0, 0.1) is 0 Å². The third kappa shape index (κ3) is 6.03. The van der Waals surface area contributed by atoms with Crippen LogP contribution in [-0.4, -0.2) is 22.7 Å². The average molecular weight is 448 g/mol. The molecule has 1 heterocycles. The van der Waals surface area contributed by atoms with Gasteiger partial charge in [0.05, 0.1) is 6.61 Å². The highest BCUT2D eigenvalue weighted by Crippen LogP contribution is 2.23. The molecule has 0 aliphatic carbocycles. The quantitative estimate of drug-likeness (QED) is 0.390. The normalized spacial score (nSPS) is 11.8. The van der Waals surface area contributed by atoms with Crippen LogP contribution in [0.3, 0.4) is 0 Å². The summed E-state index contributed by atoms with van der Waals surface area (Å²) in [7, 11) is 0. The van der Waals surface area contributed by atoms with Crippen molar-refractivity contribution in [3.63, 3.8) is 0 Å². The molecule has 7 heteroatoms. The number of ether oxygens (including phenoxy) is 1. The first-order chi connectivity index (χ1) is 15.7. The van der Waals surface area contributed by atoms with Crippen molar-refractivity contribution < 1.29 is 14.1 Å². The molecular formula is C25H22ClN3O3. The second-order valence-electron chi connectivity index (χ2n) is 7.25. The maximum absolute atomic E-state index is 12.6. The molecule has 0 fully saturated rings. The fraction of sp³-hybridized carbons (Fsp3) is 0.160. The molecule has 0 saturated heterocycles. The molecule has 0 bridgehead atoms. The van der Waals surface area contributed by atoms with E-state index >= 15 is 0 Å². The summed E-state index contributed by atoms with van der Waals surface area (Å²) in [5.41, 5.74) is 2.82. The van der Waals surface area contributed by atoms with Gasteiger partial charge in [-0.15, -0.1) is 0 Å². The summed E-state index contributed by atoms with van der Waals surface area (Å²) >= 11 is 5.96. The molecule has 1 atom stereocenters. The summed E-state index contributed by atoms with van der Waals surface area (Å²) in [6.07, 6.45) is 0.507. The first-order valence-corrected chi connectivity index (χ1v) is 10.6. The Balaban J connectivity index is 1.45. The lowest BCUT2D eigenvalue weighted by Gasteiger charge is -2.15. The van der Waals surface area contributed by atoms with Gasteiger partial charge in [-0.2, -0.15) is 4.98 Å². The number of amides is 1. The van der Waals surface area contributed by atoms with E-state index in [2.05, 4.69) is 15.5 Å². The SMILES string of the molecule is O=C(COCc1ccccc1)NC(Cc1ccccc1)c1nc(-c2ccc(Cl)cc2)no1. The highest BCUT2D eigenvalue weighted by Gasteiger charge is 2.22. The monoisotopic (exact) mass is 447 g/mol. The molecule has 4 aromatic rings. The van der Waals surface area contributed by atoms with Crippen molar-refractivity contribution >= 4 is 17.5 Å². The topological polar surface area (TPSA) is 77.2 Å². The van der Waals surface area contributed by atoms with E-state index in [4.69, 9.17) is 20.9 Å². The minimum Gasteiger partial charge on any atom is -0.367 e. The van der Waals surface area contributed by atoms with Gasteiger partial charge in [0.25, 0.3) is 0 Å². The van der Waals surface area contributed by atoms with Crippen LogP contribution in [0.25, 0.3) is 11.4 Å². The van der Waals surface area contributed by atoms with Gasteiger partial charge >= 0.3 is 0 Å². The van der Waals surface area contributed by atoms with Crippen LogP contribution >= 0.6 is 11.6 Å². The predicted octanol–water partition coefficient (Wildman–Crippen LogP) is 5.01. The number of hydrogen-bond acceptors (Lipinski definition) is 5. The molecule has 0 aliphatic heterocycles. The van der Waals surface area contributed by atoms with Crippen molar-refractivity contribution in [1.29, 1.82) is 0 Å². The number of rotatable bonds is 9. The van der Waals surface area contributed by atoms with Crippen molar-refractivity contribution in [2.75, 3.05) is 6.61 Å². The van der Waals surface area contributed by atoms with E-state index in [1.54, 1.807) is 12.1 Å². The molecule has 0 saturated carbocycles. The zero-order valence-corrected chi connectivity index (χ0v) is 18.0. The average Bonchev–Trinajstić information content (AvgIpc) is 3.31. The lowest BCUT2D eigenvalue weighted by atomic mass is 10.1. The second-order valence-corrected chi connectivity index (χ2v) is 7.69. The smallest absolute Gasteiger partial charge is 0.249 e. The molecule has 0 aliphatic rings. The number of hydrogen-bond donors (Lipinski definition) is 1. The number of carbonyl (C=O) groups is 1. The summed E-state index contributed by atoms with van der Waals surface area (Å²) in [5.74, 6) is 0.507. The first kappa shape index (κ1) is 21.7. The Bertz CT molecular complexity index is 1130. The minimum atomic E-state index is -0.487. The van der Waals surface area contributed by atoms with E-state index < -0.39 is 6.04 Å².